The van der Waals surface area contributed by atoms with Crippen molar-refractivity contribution in [3.63, 3.8) is 0 Å². The lowest BCUT2D eigenvalue weighted by Gasteiger charge is -2.10. The lowest BCUT2D eigenvalue weighted by molar-refractivity contribution is 0.0975. The molecule has 0 aliphatic carbocycles. The minimum absolute atomic E-state index is 0.00627. The molecule has 3 rings (SSSR count). The fraction of sp³-hybridized carbons (Fsp3) is 0. The molecule has 0 unspecified atom stereocenters. The van der Waals surface area contributed by atoms with Crippen molar-refractivity contribution in [2.75, 3.05) is 10.7 Å². The monoisotopic (exact) mass is 466 g/mol. The number of hydrazine groups is 1. The van der Waals surface area contributed by atoms with Gasteiger partial charge in [0.2, 0.25) is 10.3 Å². The van der Waals surface area contributed by atoms with Crippen molar-refractivity contribution >= 4 is 73.9 Å². The van der Waals surface area contributed by atoms with E-state index in [2.05, 4.69) is 31.7 Å². The first-order valence-corrected chi connectivity index (χ1v) is 9.93. The number of nitrogens with one attached hydrogen (secondary N) is 4. The molecule has 0 atom stereocenters. The van der Waals surface area contributed by atoms with E-state index in [-0.39, 0.29) is 10.2 Å². The molecule has 0 saturated carbocycles. The smallest absolute Gasteiger partial charge is 0.259 e. The zero-order valence-electron chi connectivity index (χ0n) is 14.4. The summed E-state index contributed by atoms with van der Waals surface area (Å²) >= 11 is 18.1. The van der Waals surface area contributed by atoms with E-state index in [4.69, 9.17) is 35.4 Å². The van der Waals surface area contributed by atoms with Crippen LogP contribution in [0.2, 0.25) is 10.0 Å². The van der Waals surface area contributed by atoms with Crippen molar-refractivity contribution in [2.24, 2.45) is 0 Å². The number of aromatic nitrogens is 2. The lowest BCUT2D eigenvalue weighted by Crippen LogP contribution is -2.42. The van der Waals surface area contributed by atoms with Gasteiger partial charge in [0.1, 0.15) is 0 Å². The van der Waals surface area contributed by atoms with Gasteiger partial charge in [0, 0.05) is 0 Å². The zero-order valence-corrected chi connectivity index (χ0v) is 17.5. The molecule has 1 heterocycles. The van der Waals surface area contributed by atoms with Gasteiger partial charge in [-0.05, 0) is 36.5 Å². The van der Waals surface area contributed by atoms with E-state index in [9.17, 15) is 9.59 Å². The van der Waals surface area contributed by atoms with E-state index in [1.807, 2.05) is 0 Å². The topological polar surface area (TPSA) is 108 Å². The third kappa shape index (κ3) is 5.61. The van der Waals surface area contributed by atoms with E-state index in [0.717, 1.165) is 11.3 Å². The summed E-state index contributed by atoms with van der Waals surface area (Å²) in [6.07, 6.45) is 0. The molecule has 1 aromatic heterocycles. The molecule has 0 aliphatic heterocycles. The van der Waals surface area contributed by atoms with E-state index >= 15 is 0 Å². The van der Waals surface area contributed by atoms with Crippen LogP contribution in [0.3, 0.4) is 0 Å². The second-order valence-corrected chi connectivity index (χ2v) is 7.56. The third-order valence-electron chi connectivity index (χ3n) is 3.39. The predicted molar refractivity (Wildman–Crippen MR) is 118 cm³/mol. The van der Waals surface area contributed by atoms with Gasteiger partial charge in [0.15, 0.2) is 5.11 Å². The number of carbonyl (C=O) groups excluding carboxylic acids is 2. The number of hydrogen-bond acceptors (Lipinski definition) is 7. The number of carbonyl (C=O) groups is 2. The Morgan fingerprint density at radius 3 is 2.03 bits per heavy atom. The zero-order chi connectivity index (χ0) is 20.8. The molecule has 0 fully saturated rings. The highest BCUT2D eigenvalue weighted by Gasteiger charge is 2.14. The molecule has 0 spiro atoms. The van der Waals surface area contributed by atoms with Crippen LogP contribution in [0.15, 0.2) is 48.5 Å². The van der Waals surface area contributed by atoms with Gasteiger partial charge >= 0.3 is 0 Å². The number of anilines is 2. The van der Waals surface area contributed by atoms with Crippen molar-refractivity contribution in [3.8, 4) is 0 Å². The summed E-state index contributed by atoms with van der Waals surface area (Å²) in [5, 5.41) is 14.0. The normalized spacial score (nSPS) is 10.1. The summed E-state index contributed by atoms with van der Waals surface area (Å²) in [5.74, 6) is -0.867. The number of hydrogen-bond donors (Lipinski definition) is 4. The highest BCUT2D eigenvalue weighted by Crippen LogP contribution is 2.22. The van der Waals surface area contributed by atoms with E-state index < -0.39 is 11.8 Å². The summed E-state index contributed by atoms with van der Waals surface area (Å²) < 4.78 is 0. The SMILES string of the molecule is O=C(NC(=S)NNc1nnc(NC(=O)c2ccccc2Cl)s1)c1ccccc1Cl. The van der Waals surface area contributed by atoms with E-state index in [0.29, 0.717) is 26.3 Å². The summed E-state index contributed by atoms with van der Waals surface area (Å²) in [6.45, 7) is 0. The second kappa shape index (κ2) is 9.61. The van der Waals surface area contributed by atoms with Crippen LogP contribution >= 0.6 is 46.8 Å². The quantitative estimate of drug-likeness (QED) is 0.335. The maximum Gasteiger partial charge on any atom is 0.259 e. The first-order chi connectivity index (χ1) is 13.9. The number of benzene rings is 2. The minimum atomic E-state index is -0.458. The number of amides is 2. The average Bonchev–Trinajstić information content (AvgIpc) is 3.14. The number of rotatable bonds is 5. The third-order valence-corrected chi connectivity index (χ3v) is 5.01. The summed E-state index contributed by atoms with van der Waals surface area (Å²) in [7, 11) is 0. The highest BCUT2D eigenvalue weighted by molar-refractivity contribution is 7.80. The van der Waals surface area contributed by atoms with Gasteiger partial charge in [0.05, 0.1) is 21.2 Å². The van der Waals surface area contributed by atoms with Crippen LogP contribution in [0.25, 0.3) is 0 Å². The largest absolute Gasteiger partial charge is 0.298 e. The van der Waals surface area contributed by atoms with Crippen LogP contribution in [-0.2, 0) is 0 Å². The van der Waals surface area contributed by atoms with Gasteiger partial charge in [-0.3, -0.25) is 31.1 Å². The highest BCUT2D eigenvalue weighted by atomic mass is 35.5. The Bertz CT molecular complexity index is 1080. The summed E-state index contributed by atoms with van der Waals surface area (Å²) in [4.78, 5) is 24.4. The first kappa shape index (κ1) is 20.9. The van der Waals surface area contributed by atoms with Gasteiger partial charge in [0.25, 0.3) is 11.8 Å². The molecule has 8 nitrogen and oxygen atoms in total. The molecule has 3 aromatic rings. The molecule has 2 amide bonds. The van der Waals surface area contributed by atoms with Gasteiger partial charge in [-0.15, -0.1) is 10.2 Å². The van der Waals surface area contributed by atoms with Crippen LogP contribution in [0.4, 0.5) is 10.3 Å². The lowest BCUT2D eigenvalue weighted by atomic mass is 10.2. The van der Waals surface area contributed by atoms with Gasteiger partial charge < -0.3 is 0 Å². The Hall–Kier alpha value is -2.79. The van der Waals surface area contributed by atoms with Crippen molar-refractivity contribution in [1.82, 2.24) is 20.9 Å². The summed E-state index contributed by atoms with van der Waals surface area (Å²) in [6, 6.07) is 13.2. The molecule has 0 bridgehead atoms. The standard InChI is InChI=1S/C17H12Cl2N6O2S2/c18-11-7-3-1-5-9(11)13(26)20-15(28)22-24-17-25-23-16(29-17)21-14(27)10-6-2-4-8-12(10)19/h1-8H,(H,24,25)(H,21,23,27)(H2,20,22,26,28). The van der Waals surface area contributed by atoms with E-state index in [1.165, 1.54) is 0 Å². The molecule has 29 heavy (non-hydrogen) atoms. The molecular formula is C17H12Cl2N6O2S2. The van der Waals surface area contributed by atoms with Crippen LogP contribution in [-0.4, -0.2) is 27.1 Å². The molecule has 148 valence electrons. The second-order valence-electron chi connectivity index (χ2n) is 5.36. The maximum atomic E-state index is 12.2. The maximum absolute atomic E-state index is 12.2. The minimum Gasteiger partial charge on any atom is -0.298 e. The van der Waals surface area contributed by atoms with Crippen molar-refractivity contribution < 1.29 is 9.59 Å². The molecule has 4 N–H and O–H groups in total. The molecule has 2 aromatic carbocycles. The Labute approximate surface area is 184 Å². The molecule has 0 saturated heterocycles. The van der Waals surface area contributed by atoms with Crippen LogP contribution in [0.5, 0.6) is 0 Å². The molecule has 0 radical (unpaired) electrons. The van der Waals surface area contributed by atoms with Gasteiger partial charge in [-0.2, -0.15) is 0 Å². The Morgan fingerprint density at radius 2 is 1.41 bits per heavy atom. The van der Waals surface area contributed by atoms with Crippen LogP contribution < -0.4 is 21.5 Å². The summed E-state index contributed by atoms with van der Waals surface area (Å²) in [5.41, 5.74) is 5.91. The van der Waals surface area contributed by atoms with Crippen molar-refractivity contribution in [1.29, 1.82) is 0 Å². The van der Waals surface area contributed by atoms with Crippen LogP contribution in [0, 0.1) is 0 Å². The number of halogens is 2. The average molecular weight is 467 g/mol. The molecule has 12 heteroatoms. The molecule has 0 aliphatic rings. The van der Waals surface area contributed by atoms with Crippen molar-refractivity contribution in [3.05, 3.63) is 69.7 Å². The van der Waals surface area contributed by atoms with Crippen LogP contribution in [0.1, 0.15) is 20.7 Å². The number of thiocarbonyl (C=S) groups is 1. The Morgan fingerprint density at radius 1 is 0.862 bits per heavy atom. The Balaban J connectivity index is 1.52. The fourth-order valence-corrected chi connectivity index (χ4v) is 3.27. The van der Waals surface area contributed by atoms with Crippen molar-refractivity contribution in [2.45, 2.75) is 0 Å². The van der Waals surface area contributed by atoms with Gasteiger partial charge in [-0.1, -0.05) is 58.8 Å². The molecular weight excluding hydrogens is 455 g/mol. The van der Waals surface area contributed by atoms with E-state index in [1.54, 1.807) is 48.5 Å². The van der Waals surface area contributed by atoms with Gasteiger partial charge in [-0.25, -0.2) is 0 Å². The fourth-order valence-electron chi connectivity index (χ4n) is 2.09. The Kier molecular flexibility index (Phi) is 6.94. The first-order valence-electron chi connectivity index (χ1n) is 7.95. The predicted octanol–water partition coefficient (Wildman–Crippen LogP) is 3.73. The number of nitrogens with zero attached hydrogens (tertiary/aromatic N) is 2.